The van der Waals surface area contributed by atoms with Crippen LogP contribution in [0.25, 0.3) is 10.9 Å². The van der Waals surface area contributed by atoms with Gasteiger partial charge < -0.3 is 4.90 Å². The minimum absolute atomic E-state index is 0.00197. The van der Waals surface area contributed by atoms with Gasteiger partial charge in [0.2, 0.25) is 0 Å². The molecule has 2 aromatic carbocycles. The van der Waals surface area contributed by atoms with Gasteiger partial charge in [-0.3, -0.25) is 4.79 Å². The lowest BCUT2D eigenvalue weighted by Gasteiger charge is -2.23. The van der Waals surface area contributed by atoms with Crippen LogP contribution < -0.4 is 10.5 Å². The van der Waals surface area contributed by atoms with E-state index in [2.05, 4.69) is 4.98 Å². The normalized spacial score (nSPS) is 11.6. The second-order valence-corrected chi connectivity index (χ2v) is 8.30. The van der Waals surface area contributed by atoms with Crippen LogP contribution in [0.3, 0.4) is 0 Å². The molecule has 0 spiro atoms. The number of benzene rings is 2. The first kappa shape index (κ1) is 19.7. The van der Waals surface area contributed by atoms with Gasteiger partial charge in [-0.15, -0.1) is 23.2 Å². The quantitative estimate of drug-likeness (QED) is 0.544. The molecule has 27 heavy (non-hydrogen) atoms. The van der Waals surface area contributed by atoms with Gasteiger partial charge in [-0.1, -0.05) is 12.1 Å². The number of anilines is 1. The number of halogens is 2. The minimum Gasteiger partial charge on any atom is -0.369 e. The minimum atomic E-state index is -4.06. The first-order chi connectivity index (χ1) is 13.0. The van der Waals surface area contributed by atoms with Crippen LogP contribution in [0.15, 0.2) is 64.5 Å². The van der Waals surface area contributed by atoms with Crippen LogP contribution in [0, 0.1) is 0 Å². The zero-order chi connectivity index (χ0) is 19.4. The van der Waals surface area contributed by atoms with Crippen LogP contribution in [0.4, 0.5) is 5.69 Å². The molecule has 0 amide bonds. The average molecular weight is 426 g/mol. The van der Waals surface area contributed by atoms with Crippen molar-refractivity contribution in [3.63, 3.8) is 0 Å². The molecule has 9 heteroatoms. The van der Waals surface area contributed by atoms with Crippen LogP contribution in [0.1, 0.15) is 0 Å². The number of aromatic nitrogens is 2. The number of alkyl halides is 2. The largest absolute Gasteiger partial charge is 0.369 e. The first-order valence-electron chi connectivity index (χ1n) is 8.18. The molecule has 0 saturated heterocycles. The molecular formula is C18H17Cl2N3O3S. The van der Waals surface area contributed by atoms with E-state index in [1.54, 1.807) is 36.4 Å². The van der Waals surface area contributed by atoms with Crippen molar-refractivity contribution >= 4 is 49.8 Å². The van der Waals surface area contributed by atoms with Crippen LogP contribution in [0.2, 0.25) is 0 Å². The van der Waals surface area contributed by atoms with Crippen molar-refractivity contribution in [2.45, 2.75) is 4.90 Å². The van der Waals surface area contributed by atoms with E-state index >= 15 is 0 Å². The van der Waals surface area contributed by atoms with Crippen molar-refractivity contribution in [1.82, 2.24) is 8.96 Å². The Balaban J connectivity index is 2.00. The van der Waals surface area contributed by atoms with E-state index in [4.69, 9.17) is 23.2 Å². The molecule has 3 aromatic rings. The summed E-state index contributed by atoms with van der Waals surface area (Å²) in [7, 11) is -4.06. The van der Waals surface area contributed by atoms with E-state index in [1.165, 1.54) is 12.1 Å². The number of rotatable bonds is 7. The Morgan fingerprint density at radius 3 is 2.22 bits per heavy atom. The van der Waals surface area contributed by atoms with Crippen molar-refractivity contribution in [2.24, 2.45) is 0 Å². The van der Waals surface area contributed by atoms with Gasteiger partial charge in [0, 0.05) is 30.5 Å². The van der Waals surface area contributed by atoms with Crippen molar-refractivity contribution in [3.05, 3.63) is 65.2 Å². The molecule has 0 N–H and O–H groups in total. The molecule has 0 unspecified atom stereocenters. The summed E-state index contributed by atoms with van der Waals surface area (Å²) in [6.07, 6.45) is 1.04. The topological polar surface area (TPSA) is 72.3 Å². The van der Waals surface area contributed by atoms with E-state index in [1.807, 2.05) is 4.90 Å². The van der Waals surface area contributed by atoms with E-state index < -0.39 is 15.6 Å². The molecule has 3 rings (SSSR count). The zero-order valence-electron chi connectivity index (χ0n) is 14.3. The summed E-state index contributed by atoms with van der Waals surface area (Å²) >= 11 is 11.6. The highest BCUT2D eigenvalue weighted by atomic mass is 35.5. The van der Waals surface area contributed by atoms with Gasteiger partial charge in [0.05, 0.1) is 15.8 Å². The highest BCUT2D eigenvalue weighted by molar-refractivity contribution is 7.90. The highest BCUT2D eigenvalue weighted by Gasteiger charge is 2.20. The number of nitrogens with zero attached hydrogens (tertiary/aromatic N) is 3. The predicted molar refractivity (Wildman–Crippen MR) is 109 cm³/mol. The molecule has 0 bridgehead atoms. The summed E-state index contributed by atoms with van der Waals surface area (Å²) in [6, 6.07) is 12.9. The van der Waals surface area contributed by atoms with Crippen LogP contribution in [-0.4, -0.2) is 42.2 Å². The van der Waals surface area contributed by atoms with Crippen molar-refractivity contribution in [1.29, 1.82) is 0 Å². The summed E-state index contributed by atoms with van der Waals surface area (Å²) < 4.78 is 26.5. The molecular weight excluding hydrogens is 409 g/mol. The lowest BCUT2D eigenvalue weighted by atomic mass is 10.2. The molecule has 0 radical (unpaired) electrons. The second-order valence-electron chi connectivity index (χ2n) is 5.73. The van der Waals surface area contributed by atoms with Gasteiger partial charge in [0.1, 0.15) is 6.33 Å². The second kappa shape index (κ2) is 8.29. The Morgan fingerprint density at radius 1 is 0.963 bits per heavy atom. The maximum atomic E-state index is 12.9. The Kier molecular flexibility index (Phi) is 6.04. The number of hydrogen-bond donors (Lipinski definition) is 0. The average Bonchev–Trinajstić information content (AvgIpc) is 2.68. The number of fused-ring (bicyclic) bond motifs is 1. The Labute approximate surface area is 167 Å². The van der Waals surface area contributed by atoms with Gasteiger partial charge in [-0.2, -0.15) is 3.97 Å². The molecule has 6 nitrogen and oxygen atoms in total. The van der Waals surface area contributed by atoms with Crippen LogP contribution in [0.5, 0.6) is 0 Å². The van der Waals surface area contributed by atoms with Gasteiger partial charge in [0.15, 0.2) is 0 Å². The zero-order valence-corrected chi connectivity index (χ0v) is 16.6. The lowest BCUT2D eigenvalue weighted by Crippen LogP contribution is -2.28. The van der Waals surface area contributed by atoms with Gasteiger partial charge in [0.25, 0.3) is 15.6 Å². The van der Waals surface area contributed by atoms with Gasteiger partial charge >= 0.3 is 0 Å². The summed E-state index contributed by atoms with van der Waals surface area (Å²) in [4.78, 5) is 18.6. The Morgan fingerprint density at radius 2 is 1.59 bits per heavy atom. The molecule has 142 valence electrons. The molecule has 0 aliphatic heterocycles. The molecule has 0 saturated carbocycles. The molecule has 0 fully saturated rings. The van der Waals surface area contributed by atoms with Crippen molar-refractivity contribution < 1.29 is 8.42 Å². The summed E-state index contributed by atoms with van der Waals surface area (Å²) in [5.74, 6) is 0.851. The Hall–Kier alpha value is -2.09. The molecule has 0 aliphatic rings. The lowest BCUT2D eigenvalue weighted by molar-refractivity contribution is 0.585. The SMILES string of the molecule is O=c1c2ccccc2ncn1S(=O)(=O)c1ccc(N(CCCl)CCCl)cc1. The van der Waals surface area contributed by atoms with E-state index in [0.29, 0.717) is 34.3 Å². The summed E-state index contributed by atoms with van der Waals surface area (Å²) in [5.41, 5.74) is 0.622. The standard InChI is InChI=1S/C18H17Cl2N3O3S/c19-9-11-22(12-10-20)14-5-7-15(8-6-14)27(25,26)23-13-21-17-4-2-1-3-16(17)18(23)24/h1-8,13H,9-12H2. The summed E-state index contributed by atoms with van der Waals surface area (Å²) in [6.45, 7) is 1.18. The number of hydrogen-bond acceptors (Lipinski definition) is 5. The third kappa shape index (κ3) is 3.95. The smallest absolute Gasteiger partial charge is 0.275 e. The van der Waals surface area contributed by atoms with Crippen LogP contribution in [-0.2, 0) is 10.0 Å². The fourth-order valence-corrected chi connectivity index (χ4v) is 4.34. The summed E-state index contributed by atoms with van der Waals surface area (Å²) in [5, 5.41) is 0.246. The van der Waals surface area contributed by atoms with Gasteiger partial charge in [-0.05, 0) is 36.4 Å². The highest BCUT2D eigenvalue weighted by Crippen LogP contribution is 2.20. The van der Waals surface area contributed by atoms with E-state index in [-0.39, 0.29) is 10.3 Å². The number of para-hydroxylation sites is 1. The molecule has 1 heterocycles. The van der Waals surface area contributed by atoms with E-state index in [9.17, 15) is 13.2 Å². The van der Waals surface area contributed by atoms with Crippen molar-refractivity contribution in [2.75, 3.05) is 29.7 Å². The molecule has 1 aromatic heterocycles. The van der Waals surface area contributed by atoms with Crippen molar-refractivity contribution in [3.8, 4) is 0 Å². The van der Waals surface area contributed by atoms with Crippen LogP contribution >= 0.6 is 23.2 Å². The third-order valence-electron chi connectivity index (χ3n) is 4.10. The monoisotopic (exact) mass is 425 g/mol. The predicted octanol–water partition coefficient (Wildman–Crippen LogP) is 2.92. The maximum absolute atomic E-state index is 12.9. The fourth-order valence-electron chi connectivity index (χ4n) is 2.74. The first-order valence-corrected chi connectivity index (χ1v) is 10.7. The third-order valence-corrected chi connectivity index (χ3v) is 6.09. The Bertz CT molecular complexity index is 1090. The fraction of sp³-hybridized carbons (Fsp3) is 0.222. The molecule has 0 atom stereocenters. The van der Waals surface area contributed by atoms with Gasteiger partial charge in [-0.25, -0.2) is 13.4 Å². The maximum Gasteiger partial charge on any atom is 0.275 e. The molecule has 0 aliphatic carbocycles. The van der Waals surface area contributed by atoms with E-state index in [0.717, 1.165) is 12.0 Å².